The maximum atomic E-state index is 3.49. The van der Waals surface area contributed by atoms with Gasteiger partial charge in [0.15, 0.2) is 0 Å². The lowest BCUT2D eigenvalue weighted by Crippen LogP contribution is -1.98. The van der Waals surface area contributed by atoms with Crippen LogP contribution in [0.15, 0.2) is 40.9 Å². The van der Waals surface area contributed by atoms with E-state index in [2.05, 4.69) is 81.7 Å². The number of hydrogen-bond acceptors (Lipinski definition) is 1. The first-order valence-electron chi connectivity index (χ1n) is 6.13. The van der Waals surface area contributed by atoms with Crippen LogP contribution in [0.3, 0.4) is 0 Å². The van der Waals surface area contributed by atoms with E-state index in [0.717, 1.165) is 15.5 Å². The van der Waals surface area contributed by atoms with E-state index >= 15 is 0 Å². The van der Waals surface area contributed by atoms with E-state index in [9.17, 15) is 0 Å². The van der Waals surface area contributed by atoms with Gasteiger partial charge in [0.05, 0.1) is 0 Å². The highest BCUT2D eigenvalue weighted by molar-refractivity contribution is 9.10. The number of alkyl halides is 1. The first kappa shape index (κ1) is 14.6. The van der Waals surface area contributed by atoms with Gasteiger partial charge < -0.3 is 5.32 Å². The van der Waals surface area contributed by atoms with Crippen molar-refractivity contribution in [2.24, 2.45) is 0 Å². The average molecular weight is 382 g/mol. The van der Waals surface area contributed by atoms with E-state index in [1.54, 1.807) is 0 Å². The lowest BCUT2D eigenvalue weighted by Gasteiger charge is -2.14. The summed E-state index contributed by atoms with van der Waals surface area (Å²) in [6.07, 6.45) is 2.17. The second-order valence-corrected chi connectivity index (χ2v) is 6.08. The van der Waals surface area contributed by atoms with Gasteiger partial charge in [-0.3, -0.25) is 0 Å². The van der Waals surface area contributed by atoms with Gasteiger partial charge in [-0.1, -0.05) is 44.0 Å². The first-order chi connectivity index (χ1) is 9.10. The highest BCUT2D eigenvalue weighted by atomic mass is 79.9. The van der Waals surface area contributed by atoms with Gasteiger partial charge in [0.25, 0.3) is 0 Å². The molecule has 1 radical (unpaired) electrons. The van der Waals surface area contributed by atoms with Crippen molar-refractivity contribution in [2.75, 3.05) is 10.6 Å². The van der Waals surface area contributed by atoms with Crippen molar-refractivity contribution in [3.05, 3.63) is 64.0 Å². The standard InChI is InChI=1S/C16H16Br2N/c1-11-9-13(7-8-17)10-12(2)16(11)19-15-5-3-14(18)4-6-15/h3-7,9-10,19H,8H2,1-2H3. The van der Waals surface area contributed by atoms with E-state index < -0.39 is 0 Å². The van der Waals surface area contributed by atoms with Gasteiger partial charge in [0.1, 0.15) is 0 Å². The summed E-state index contributed by atoms with van der Waals surface area (Å²) in [7, 11) is 0. The zero-order chi connectivity index (χ0) is 13.8. The van der Waals surface area contributed by atoms with E-state index in [-0.39, 0.29) is 0 Å². The maximum Gasteiger partial charge on any atom is 0.0443 e. The van der Waals surface area contributed by atoms with Crippen LogP contribution in [0, 0.1) is 20.3 Å². The SMILES string of the molecule is Cc1cc([CH]CBr)cc(C)c1Nc1ccc(Br)cc1. The molecule has 2 rings (SSSR count). The molecule has 99 valence electrons. The van der Waals surface area contributed by atoms with Crippen LogP contribution in [0.2, 0.25) is 0 Å². The molecule has 0 aliphatic heterocycles. The molecular formula is C16H16Br2N. The highest BCUT2D eigenvalue weighted by Crippen LogP contribution is 2.27. The minimum absolute atomic E-state index is 0.880. The molecule has 0 unspecified atom stereocenters. The second kappa shape index (κ2) is 6.58. The van der Waals surface area contributed by atoms with Crippen molar-refractivity contribution >= 4 is 43.2 Å². The van der Waals surface area contributed by atoms with Crippen LogP contribution in [0.25, 0.3) is 0 Å². The van der Waals surface area contributed by atoms with E-state index in [0.29, 0.717) is 0 Å². The molecule has 1 nitrogen and oxygen atoms in total. The van der Waals surface area contributed by atoms with E-state index in [4.69, 9.17) is 0 Å². The van der Waals surface area contributed by atoms with Crippen molar-refractivity contribution in [1.29, 1.82) is 0 Å². The van der Waals surface area contributed by atoms with Crippen molar-refractivity contribution in [3.63, 3.8) is 0 Å². The van der Waals surface area contributed by atoms with Gasteiger partial charge in [-0.15, -0.1) is 0 Å². The van der Waals surface area contributed by atoms with Crippen molar-refractivity contribution in [1.82, 2.24) is 0 Å². The molecule has 1 N–H and O–H groups in total. The Bertz CT molecular complexity index is 538. The number of halogens is 2. The zero-order valence-electron chi connectivity index (χ0n) is 11.0. The highest BCUT2D eigenvalue weighted by Gasteiger charge is 2.05. The number of hydrogen-bond donors (Lipinski definition) is 1. The number of benzene rings is 2. The van der Waals surface area contributed by atoms with Crippen molar-refractivity contribution < 1.29 is 0 Å². The van der Waals surface area contributed by atoms with Gasteiger partial charge in [-0.2, -0.15) is 0 Å². The normalized spacial score (nSPS) is 10.5. The third kappa shape index (κ3) is 3.83. The van der Waals surface area contributed by atoms with Gasteiger partial charge in [-0.25, -0.2) is 0 Å². The Kier molecular flexibility index (Phi) is 5.06. The zero-order valence-corrected chi connectivity index (χ0v) is 14.2. The molecule has 0 aliphatic carbocycles. The summed E-state index contributed by atoms with van der Waals surface area (Å²) in [6, 6.07) is 12.6. The minimum Gasteiger partial charge on any atom is -0.355 e. The summed E-state index contributed by atoms with van der Waals surface area (Å²) in [6.45, 7) is 4.28. The molecule has 0 saturated carbocycles. The Balaban J connectivity index is 2.27. The number of anilines is 2. The lowest BCUT2D eigenvalue weighted by molar-refractivity contribution is 1.31. The predicted octanol–water partition coefficient (Wildman–Crippen LogP) is 5.76. The van der Waals surface area contributed by atoms with Gasteiger partial charge in [0, 0.05) is 27.6 Å². The van der Waals surface area contributed by atoms with Crippen LogP contribution >= 0.6 is 31.9 Å². The van der Waals surface area contributed by atoms with Crippen LogP contribution in [-0.2, 0) is 0 Å². The fourth-order valence-electron chi connectivity index (χ4n) is 2.08. The molecular weight excluding hydrogens is 366 g/mol. The smallest absolute Gasteiger partial charge is 0.0443 e. The first-order valence-corrected chi connectivity index (χ1v) is 8.04. The van der Waals surface area contributed by atoms with Crippen LogP contribution in [0.5, 0.6) is 0 Å². The fraction of sp³-hybridized carbons (Fsp3) is 0.188. The molecule has 0 saturated heterocycles. The number of nitrogens with one attached hydrogen (secondary N) is 1. The Morgan fingerprint density at radius 3 is 2.16 bits per heavy atom. The van der Waals surface area contributed by atoms with E-state index in [1.165, 1.54) is 22.4 Å². The van der Waals surface area contributed by atoms with Crippen LogP contribution in [0.1, 0.15) is 16.7 Å². The molecule has 2 aromatic rings. The maximum absolute atomic E-state index is 3.49. The van der Waals surface area contributed by atoms with Gasteiger partial charge in [-0.05, 0) is 54.8 Å². The summed E-state index contributed by atoms with van der Waals surface area (Å²) in [5, 5.41) is 4.37. The molecule has 2 aromatic carbocycles. The average Bonchev–Trinajstić information content (AvgIpc) is 2.36. The summed E-state index contributed by atoms with van der Waals surface area (Å²) in [5.41, 5.74) is 6.07. The summed E-state index contributed by atoms with van der Waals surface area (Å²) >= 11 is 6.89. The third-order valence-electron chi connectivity index (χ3n) is 2.98. The fourth-order valence-corrected chi connectivity index (χ4v) is 2.72. The summed E-state index contributed by atoms with van der Waals surface area (Å²) in [5.74, 6) is 0. The largest absolute Gasteiger partial charge is 0.355 e. The summed E-state index contributed by atoms with van der Waals surface area (Å²) in [4.78, 5) is 0. The quantitative estimate of drug-likeness (QED) is 0.664. The number of rotatable bonds is 4. The summed E-state index contributed by atoms with van der Waals surface area (Å²) < 4.78 is 1.09. The molecule has 0 spiro atoms. The molecule has 0 bridgehead atoms. The molecule has 0 aromatic heterocycles. The molecule has 0 amide bonds. The second-order valence-electron chi connectivity index (χ2n) is 4.52. The minimum atomic E-state index is 0.880. The van der Waals surface area contributed by atoms with E-state index in [1.807, 2.05) is 12.1 Å². The molecule has 3 heteroatoms. The topological polar surface area (TPSA) is 12.0 Å². The van der Waals surface area contributed by atoms with Crippen LogP contribution < -0.4 is 5.32 Å². The molecule has 19 heavy (non-hydrogen) atoms. The van der Waals surface area contributed by atoms with Gasteiger partial charge >= 0.3 is 0 Å². The van der Waals surface area contributed by atoms with Crippen LogP contribution in [0.4, 0.5) is 11.4 Å². The third-order valence-corrected chi connectivity index (χ3v) is 3.83. The lowest BCUT2D eigenvalue weighted by atomic mass is 10.0. The van der Waals surface area contributed by atoms with Gasteiger partial charge in [0.2, 0.25) is 0 Å². The number of aryl methyl sites for hydroxylation is 2. The Morgan fingerprint density at radius 1 is 1.05 bits per heavy atom. The monoisotopic (exact) mass is 380 g/mol. The molecule has 0 heterocycles. The molecule has 0 atom stereocenters. The Hall–Kier alpha value is -0.800. The van der Waals surface area contributed by atoms with Crippen molar-refractivity contribution in [3.8, 4) is 0 Å². The van der Waals surface area contributed by atoms with Crippen molar-refractivity contribution in [2.45, 2.75) is 13.8 Å². The Morgan fingerprint density at radius 2 is 1.63 bits per heavy atom. The van der Waals surface area contributed by atoms with Crippen LogP contribution in [-0.4, -0.2) is 5.33 Å². The molecule has 0 fully saturated rings. The molecule has 0 aliphatic rings. The predicted molar refractivity (Wildman–Crippen MR) is 90.5 cm³/mol. The Labute approximate surface area is 131 Å².